The van der Waals surface area contributed by atoms with Gasteiger partial charge in [0.15, 0.2) is 0 Å². The van der Waals surface area contributed by atoms with Crippen LogP contribution in [0.2, 0.25) is 0 Å². The average molecular weight is 231 g/mol. The van der Waals surface area contributed by atoms with E-state index in [1.54, 1.807) is 0 Å². The first-order valence-corrected chi connectivity index (χ1v) is 5.36. The zero-order chi connectivity index (χ0) is 9.80. The van der Waals surface area contributed by atoms with Gasteiger partial charge in [0, 0.05) is 18.4 Å². The Balaban J connectivity index is 0.00000112. The highest BCUT2D eigenvalue weighted by Crippen LogP contribution is 2.19. The number of ether oxygens (including phenoxy) is 1. The second-order valence-electron chi connectivity index (χ2n) is 3.87. The molecule has 0 amide bonds. The molecular formula is C11H19ClN2O. The predicted octanol–water partition coefficient (Wildman–Crippen LogP) is 2.27. The van der Waals surface area contributed by atoms with Crippen LogP contribution < -0.4 is 5.32 Å². The Morgan fingerprint density at radius 2 is 2.40 bits per heavy atom. The van der Waals surface area contributed by atoms with E-state index in [2.05, 4.69) is 23.3 Å². The fourth-order valence-corrected chi connectivity index (χ4v) is 1.90. The predicted molar refractivity (Wildman–Crippen MR) is 63.4 cm³/mol. The SMILES string of the molecule is CC(O[C@H]1CCCNC1)c1ccc[nH]1.Cl. The second kappa shape index (κ2) is 6.16. The quantitative estimate of drug-likeness (QED) is 0.836. The summed E-state index contributed by atoms with van der Waals surface area (Å²) in [5, 5.41) is 3.35. The van der Waals surface area contributed by atoms with Gasteiger partial charge >= 0.3 is 0 Å². The van der Waals surface area contributed by atoms with Gasteiger partial charge in [-0.1, -0.05) is 0 Å². The molecule has 0 saturated carbocycles. The summed E-state index contributed by atoms with van der Waals surface area (Å²) in [5.41, 5.74) is 1.16. The summed E-state index contributed by atoms with van der Waals surface area (Å²) >= 11 is 0. The van der Waals surface area contributed by atoms with Crippen LogP contribution in [0.4, 0.5) is 0 Å². The molecule has 1 aromatic rings. The lowest BCUT2D eigenvalue weighted by molar-refractivity contribution is -0.0167. The smallest absolute Gasteiger partial charge is 0.0948 e. The summed E-state index contributed by atoms with van der Waals surface area (Å²) in [5.74, 6) is 0. The molecule has 2 rings (SSSR count). The largest absolute Gasteiger partial charge is 0.368 e. The summed E-state index contributed by atoms with van der Waals surface area (Å²) < 4.78 is 5.94. The van der Waals surface area contributed by atoms with Crippen molar-refractivity contribution in [1.82, 2.24) is 10.3 Å². The van der Waals surface area contributed by atoms with Gasteiger partial charge in [-0.15, -0.1) is 12.4 Å². The number of hydrogen-bond donors (Lipinski definition) is 2. The number of H-pyrrole nitrogens is 1. The number of halogens is 1. The van der Waals surface area contributed by atoms with Gasteiger partial charge in [0.25, 0.3) is 0 Å². The lowest BCUT2D eigenvalue weighted by Crippen LogP contribution is -2.35. The van der Waals surface area contributed by atoms with Crippen LogP contribution in [0.5, 0.6) is 0 Å². The number of piperidine rings is 1. The number of aromatic amines is 1. The molecule has 1 aliphatic rings. The van der Waals surface area contributed by atoms with E-state index in [0.29, 0.717) is 6.10 Å². The summed E-state index contributed by atoms with van der Waals surface area (Å²) in [7, 11) is 0. The number of aromatic nitrogens is 1. The third-order valence-corrected chi connectivity index (χ3v) is 2.71. The lowest BCUT2D eigenvalue weighted by atomic mass is 10.1. The number of nitrogens with one attached hydrogen (secondary N) is 2. The molecule has 1 aliphatic heterocycles. The Hall–Kier alpha value is -0.510. The molecule has 1 aromatic heterocycles. The van der Waals surface area contributed by atoms with Crippen molar-refractivity contribution in [2.24, 2.45) is 0 Å². The van der Waals surface area contributed by atoms with E-state index in [1.165, 1.54) is 12.8 Å². The molecule has 2 heterocycles. The minimum atomic E-state index is 0. The molecular weight excluding hydrogens is 212 g/mol. The highest BCUT2D eigenvalue weighted by atomic mass is 35.5. The highest BCUT2D eigenvalue weighted by molar-refractivity contribution is 5.85. The summed E-state index contributed by atoms with van der Waals surface area (Å²) in [6, 6.07) is 4.08. The Morgan fingerprint density at radius 3 is 3.00 bits per heavy atom. The van der Waals surface area contributed by atoms with Gasteiger partial charge in [-0.25, -0.2) is 0 Å². The Bertz CT molecular complexity index is 258. The summed E-state index contributed by atoms with van der Waals surface area (Å²) in [4.78, 5) is 3.18. The topological polar surface area (TPSA) is 37.0 Å². The molecule has 86 valence electrons. The molecule has 0 radical (unpaired) electrons. The maximum atomic E-state index is 5.94. The monoisotopic (exact) mass is 230 g/mol. The fourth-order valence-electron chi connectivity index (χ4n) is 1.90. The Kier molecular flexibility index (Phi) is 5.15. The van der Waals surface area contributed by atoms with E-state index in [1.807, 2.05) is 12.3 Å². The normalized spacial score (nSPS) is 23.1. The Morgan fingerprint density at radius 1 is 1.53 bits per heavy atom. The van der Waals surface area contributed by atoms with E-state index < -0.39 is 0 Å². The van der Waals surface area contributed by atoms with Crippen molar-refractivity contribution in [2.75, 3.05) is 13.1 Å². The van der Waals surface area contributed by atoms with Crippen LogP contribution >= 0.6 is 12.4 Å². The summed E-state index contributed by atoms with van der Waals surface area (Å²) in [6.45, 7) is 4.22. The maximum absolute atomic E-state index is 5.94. The van der Waals surface area contributed by atoms with Crippen LogP contribution in [0.1, 0.15) is 31.6 Å². The fraction of sp³-hybridized carbons (Fsp3) is 0.636. The molecule has 2 N–H and O–H groups in total. The molecule has 1 saturated heterocycles. The van der Waals surface area contributed by atoms with Crippen molar-refractivity contribution in [2.45, 2.75) is 32.0 Å². The van der Waals surface area contributed by atoms with Gasteiger partial charge in [-0.3, -0.25) is 0 Å². The second-order valence-corrected chi connectivity index (χ2v) is 3.87. The first-order valence-electron chi connectivity index (χ1n) is 5.36. The van der Waals surface area contributed by atoms with Gasteiger partial charge in [0.05, 0.1) is 12.2 Å². The number of rotatable bonds is 3. The molecule has 0 bridgehead atoms. The van der Waals surface area contributed by atoms with Gasteiger partial charge < -0.3 is 15.0 Å². The number of hydrogen-bond acceptors (Lipinski definition) is 2. The summed E-state index contributed by atoms with van der Waals surface area (Å²) in [6.07, 6.45) is 4.89. The van der Waals surface area contributed by atoms with E-state index in [0.717, 1.165) is 18.8 Å². The van der Waals surface area contributed by atoms with Crippen molar-refractivity contribution >= 4 is 12.4 Å². The first kappa shape index (κ1) is 12.6. The van der Waals surface area contributed by atoms with Crippen molar-refractivity contribution in [3.8, 4) is 0 Å². The van der Waals surface area contributed by atoms with Gasteiger partial charge in [-0.2, -0.15) is 0 Å². The molecule has 0 aliphatic carbocycles. The van der Waals surface area contributed by atoms with Gasteiger partial charge in [-0.05, 0) is 38.4 Å². The van der Waals surface area contributed by atoms with Crippen LogP contribution in [-0.4, -0.2) is 24.2 Å². The molecule has 2 atom stereocenters. The average Bonchev–Trinajstić information content (AvgIpc) is 2.72. The van der Waals surface area contributed by atoms with Gasteiger partial charge in [0.1, 0.15) is 0 Å². The van der Waals surface area contributed by atoms with Crippen LogP contribution in [0.15, 0.2) is 18.3 Å². The molecule has 15 heavy (non-hydrogen) atoms. The molecule has 0 spiro atoms. The van der Waals surface area contributed by atoms with E-state index >= 15 is 0 Å². The standard InChI is InChI=1S/C11H18N2O.ClH/c1-9(11-5-3-7-13-11)14-10-4-2-6-12-8-10;/h3,5,7,9-10,12-13H,2,4,6,8H2,1H3;1H/t9?,10-;/m0./s1. The van der Waals surface area contributed by atoms with Crippen molar-refractivity contribution in [1.29, 1.82) is 0 Å². The van der Waals surface area contributed by atoms with E-state index in [4.69, 9.17) is 4.74 Å². The Labute approximate surface area is 97.0 Å². The molecule has 3 nitrogen and oxygen atoms in total. The first-order chi connectivity index (χ1) is 6.86. The van der Waals surface area contributed by atoms with Crippen molar-refractivity contribution < 1.29 is 4.74 Å². The molecule has 0 aromatic carbocycles. The van der Waals surface area contributed by atoms with Gasteiger partial charge in [0.2, 0.25) is 0 Å². The molecule has 1 unspecified atom stereocenters. The minimum absolute atomic E-state index is 0. The van der Waals surface area contributed by atoms with Crippen LogP contribution in [0, 0.1) is 0 Å². The maximum Gasteiger partial charge on any atom is 0.0948 e. The van der Waals surface area contributed by atoms with Crippen LogP contribution in [0.25, 0.3) is 0 Å². The van der Waals surface area contributed by atoms with Crippen LogP contribution in [0.3, 0.4) is 0 Å². The molecule has 1 fully saturated rings. The minimum Gasteiger partial charge on any atom is -0.368 e. The highest BCUT2D eigenvalue weighted by Gasteiger charge is 2.17. The van der Waals surface area contributed by atoms with Crippen molar-refractivity contribution in [3.63, 3.8) is 0 Å². The zero-order valence-corrected chi connectivity index (χ0v) is 9.85. The van der Waals surface area contributed by atoms with Crippen molar-refractivity contribution in [3.05, 3.63) is 24.0 Å². The van der Waals surface area contributed by atoms with Crippen LogP contribution in [-0.2, 0) is 4.74 Å². The van der Waals surface area contributed by atoms with E-state index in [9.17, 15) is 0 Å². The lowest BCUT2D eigenvalue weighted by Gasteiger charge is -2.26. The third kappa shape index (κ3) is 3.52. The molecule has 4 heteroatoms. The van der Waals surface area contributed by atoms with E-state index in [-0.39, 0.29) is 18.5 Å². The third-order valence-electron chi connectivity index (χ3n) is 2.71. The zero-order valence-electron chi connectivity index (χ0n) is 9.03.